The topological polar surface area (TPSA) is 110 Å². The number of rotatable bonds is 2. The van der Waals surface area contributed by atoms with Crippen LogP contribution in [0.5, 0.6) is 0 Å². The highest BCUT2D eigenvalue weighted by molar-refractivity contribution is 6.05. The molecule has 4 N–H and O–H groups in total. The molecule has 15 heavy (non-hydrogen) atoms. The third-order valence-corrected chi connectivity index (χ3v) is 1.70. The van der Waals surface area contributed by atoms with Gasteiger partial charge in [-0.15, -0.1) is 0 Å². The molecule has 0 bridgehead atoms. The fraction of sp³-hybridized carbons (Fsp3) is 0. The molecule has 2 rings (SSSR count). The van der Waals surface area contributed by atoms with Gasteiger partial charge in [-0.05, 0) is 0 Å². The highest BCUT2D eigenvalue weighted by Gasteiger charge is 2.12. The molecule has 0 saturated carbocycles. The van der Waals surface area contributed by atoms with Crippen LogP contribution in [0, 0.1) is 0 Å². The Labute approximate surface area is 84.7 Å². The van der Waals surface area contributed by atoms with Crippen molar-refractivity contribution in [1.82, 2.24) is 20.2 Å². The van der Waals surface area contributed by atoms with Gasteiger partial charge in [-0.25, -0.2) is 9.97 Å². The minimum atomic E-state index is -0.415. The van der Waals surface area contributed by atoms with E-state index in [0.29, 0.717) is 5.69 Å². The monoisotopic (exact) mass is 204 g/mol. The van der Waals surface area contributed by atoms with Crippen LogP contribution in [0.2, 0.25) is 0 Å². The molecule has 7 heteroatoms. The Hall–Kier alpha value is -2.44. The molecular weight excluding hydrogens is 196 g/mol. The number of carbonyl (C=O) groups excluding carboxylic acids is 1. The van der Waals surface area contributed by atoms with E-state index in [2.05, 4.69) is 25.5 Å². The standard InChI is InChI=1S/C8H8N6O/c9-7-6(10-1-2-11-7)8(15)14-5-3-12-13-4-5/h1-4H,(H2,9,11)(H,12,13)(H,14,15). The summed E-state index contributed by atoms with van der Waals surface area (Å²) >= 11 is 0. The molecule has 1 amide bonds. The highest BCUT2D eigenvalue weighted by atomic mass is 16.1. The number of hydrogen-bond acceptors (Lipinski definition) is 5. The Balaban J connectivity index is 2.19. The van der Waals surface area contributed by atoms with Crippen molar-refractivity contribution in [2.75, 3.05) is 11.1 Å². The smallest absolute Gasteiger partial charge is 0.278 e. The van der Waals surface area contributed by atoms with Gasteiger partial charge in [-0.3, -0.25) is 9.89 Å². The number of hydrogen-bond donors (Lipinski definition) is 3. The van der Waals surface area contributed by atoms with E-state index in [0.717, 1.165) is 0 Å². The molecule has 76 valence electrons. The van der Waals surface area contributed by atoms with Crippen LogP contribution in [0.15, 0.2) is 24.8 Å². The first-order valence-corrected chi connectivity index (χ1v) is 4.14. The molecule has 0 fully saturated rings. The lowest BCUT2D eigenvalue weighted by Crippen LogP contribution is -2.16. The van der Waals surface area contributed by atoms with E-state index in [1.807, 2.05) is 0 Å². The molecule has 0 atom stereocenters. The fourth-order valence-electron chi connectivity index (χ4n) is 1.03. The molecule has 2 aromatic rings. The van der Waals surface area contributed by atoms with Gasteiger partial charge in [0.15, 0.2) is 11.5 Å². The van der Waals surface area contributed by atoms with Gasteiger partial charge in [0.2, 0.25) is 0 Å². The Morgan fingerprint density at radius 2 is 2.20 bits per heavy atom. The molecule has 0 aliphatic heterocycles. The first-order chi connectivity index (χ1) is 7.27. The van der Waals surface area contributed by atoms with Crippen LogP contribution >= 0.6 is 0 Å². The Morgan fingerprint density at radius 1 is 1.40 bits per heavy atom. The van der Waals surface area contributed by atoms with Gasteiger partial charge in [-0.2, -0.15) is 5.10 Å². The molecule has 0 aliphatic rings. The van der Waals surface area contributed by atoms with Crippen LogP contribution in [0.3, 0.4) is 0 Å². The molecule has 0 unspecified atom stereocenters. The van der Waals surface area contributed by atoms with Crippen LogP contribution < -0.4 is 11.1 Å². The van der Waals surface area contributed by atoms with Crippen molar-refractivity contribution in [2.24, 2.45) is 0 Å². The highest BCUT2D eigenvalue weighted by Crippen LogP contribution is 2.07. The number of aromatic amines is 1. The summed E-state index contributed by atoms with van der Waals surface area (Å²) in [5.41, 5.74) is 6.13. The number of nitrogens with two attached hydrogens (primary N) is 1. The van der Waals surface area contributed by atoms with Gasteiger partial charge in [0.05, 0.1) is 11.9 Å². The minimum absolute atomic E-state index is 0.0958. The second-order valence-corrected chi connectivity index (χ2v) is 2.73. The fourth-order valence-corrected chi connectivity index (χ4v) is 1.03. The van der Waals surface area contributed by atoms with E-state index < -0.39 is 5.91 Å². The van der Waals surface area contributed by atoms with Crippen LogP contribution in [0.25, 0.3) is 0 Å². The molecule has 0 aliphatic carbocycles. The number of anilines is 2. The molecular formula is C8H8N6O. The summed E-state index contributed by atoms with van der Waals surface area (Å²) in [5, 5.41) is 8.82. The van der Waals surface area contributed by atoms with E-state index in [1.54, 1.807) is 6.20 Å². The number of nitrogen functional groups attached to an aromatic ring is 1. The quantitative estimate of drug-likeness (QED) is 0.639. The summed E-state index contributed by atoms with van der Waals surface area (Å²) in [5.74, 6) is -0.319. The van der Waals surface area contributed by atoms with Crippen LogP contribution in [-0.2, 0) is 0 Å². The number of nitrogens with zero attached hydrogens (tertiary/aromatic N) is 3. The summed E-state index contributed by atoms with van der Waals surface area (Å²) in [6, 6.07) is 0. The maximum absolute atomic E-state index is 11.6. The largest absolute Gasteiger partial charge is 0.382 e. The third-order valence-electron chi connectivity index (χ3n) is 1.70. The minimum Gasteiger partial charge on any atom is -0.382 e. The number of carbonyl (C=O) groups is 1. The summed E-state index contributed by atoms with van der Waals surface area (Å²) in [6.45, 7) is 0. The second kappa shape index (κ2) is 3.74. The summed E-state index contributed by atoms with van der Waals surface area (Å²) in [7, 11) is 0. The Kier molecular flexibility index (Phi) is 2.28. The lowest BCUT2D eigenvalue weighted by atomic mass is 10.3. The van der Waals surface area contributed by atoms with E-state index >= 15 is 0 Å². The Morgan fingerprint density at radius 3 is 2.87 bits per heavy atom. The molecule has 7 nitrogen and oxygen atoms in total. The lowest BCUT2D eigenvalue weighted by molar-refractivity contribution is 0.102. The number of aromatic nitrogens is 4. The van der Waals surface area contributed by atoms with Gasteiger partial charge in [0.25, 0.3) is 5.91 Å². The summed E-state index contributed by atoms with van der Waals surface area (Å²) < 4.78 is 0. The second-order valence-electron chi connectivity index (χ2n) is 2.73. The number of H-pyrrole nitrogens is 1. The zero-order valence-corrected chi connectivity index (χ0v) is 7.64. The zero-order chi connectivity index (χ0) is 10.7. The van der Waals surface area contributed by atoms with Crippen molar-refractivity contribution in [2.45, 2.75) is 0 Å². The first kappa shape index (κ1) is 9.13. The molecule has 0 saturated heterocycles. The van der Waals surface area contributed by atoms with E-state index in [9.17, 15) is 4.79 Å². The van der Waals surface area contributed by atoms with Gasteiger partial charge in [0, 0.05) is 18.6 Å². The third kappa shape index (κ3) is 1.90. The van der Waals surface area contributed by atoms with Crippen molar-refractivity contribution in [3.8, 4) is 0 Å². The first-order valence-electron chi connectivity index (χ1n) is 4.14. The molecule has 0 spiro atoms. The van der Waals surface area contributed by atoms with E-state index in [1.165, 1.54) is 18.6 Å². The predicted octanol–water partition coefficient (Wildman–Crippen LogP) is 0.0342. The average Bonchev–Trinajstić information content (AvgIpc) is 2.71. The summed E-state index contributed by atoms with van der Waals surface area (Å²) in [4.78, 5) is 19.2. The van der Waals surface area contributed by atoms with Gasteiger partial charge in [0.1, 0.15) is 0 Å². The van der Waals surface area contributed by atoms with Crippen LogP contribution in [0.4, 0.5) is 11.5 Å². The summed E-state index contributed by atoms with van der Waals surface area (Å²) in [6.07, 6.45) is 5.85. The average molecular weight is 204 g/mol. The van der Waals surface area contributed by atoms with Crippen molar-refractivity contribution in [1.29, 1.82) is 0 Å². The van der Waals surface area contributed by atoms with Crippen LogP contribution in [0.1, 0.15) is 10.5 Å². The predicted molar refractivity (Wildman–Crippen MR) is 53.0 cm³/mol. The van der Waals surface area contributed by atoms with Crippen molar-refractivity contribution in [3.63, 3.8) is 0 Å². The van der Waals surface area contributed by atoms with Crippen molar-refractivity contribution >= 4 is 17.4 Å². The molecule has 2 aromatic heterocycles. The number of nitrogens with one attached hydrogen (secondary N) is 2. The maximum Gasteiger partial charge on any atom is 0.278 e. The van der Waals surface area contributed by atoms with E-state index in [4.69, 9.17) is 5.73 Å². The van der Waals surface area contributed by atoms with E-state index in [-0.39, 0.29) is 11.5 Å². The lowest BCUT2D eigenvalue weighted by Gasteiger charge is -2.02. The van der Waals surface area contributed by atoms with Crippen molar-refractivity contribution < 1.29 is 4.79 Å². The number of amides is 1. The zero-order valence-electron chi connectivity index (χ0n) is 7.64. The van der Waals surface area contributed by atoms with Gasteiger partial charge >= 0.3 is 0 Å². The maximum atomic E-state index is 11.6. The van der Waals surface area contributed by atoms with Crippen LogP contribution in [-0.4, -0.2) is 26.1 Å². The molecule has 0 radical (unpaired) electrons. The van der Waals surface area contributed by atoms with Gasteiger partial charge < -0.3 is 11.1 Å². The van der Waals surface area contributed by atoms with Crippen molar-refractivity contribution in [3.05, 3.63) is 30.5 Å². The molecule has 0 aromatic carbocycles. The Bertz CT molecular complexity index is 466. The molecule has 2 heterocycles. The SMILES string of the molecule is Nc1nccnc1C(=O)Nc1cn[nH]c1. The normalized spacial score (nSPS) is 9.87. The van der Waals surface area contributed by atoms with Gasteiger partial charge in [-0.1, -0.05) is 0 Å².